The Balaban J connectivity index is 1.99. The second-order valence-corrected chi connectivity index (χ2v) is 6.81. The zero-order chi connectivity index (χ0) is 22.0. The van der Waals surface area contributed by atoms with Crippen molar-refractivity contribution in [2.75, 3.05) is 21.3 Å². The van der Waals surface area contributed by atoms with Crippen molar-refractivity contribution in [2.24, 2.45) is 0 Å². The number of benzene rings is 3. The Morgan fingerprint density at radius 2 is 1.52 bits per heavy atom. The number of carbonyl (C=O) groups excluding carboxylic acids is 2. The molecule has 0 radical (unpaired) electrons. The first-order valence-corrected chi connectivity index (χ1v) is 9.51. The summed E-state index contributed by atoms with van der Waals surface area (Å²) in [6, 6.07) is 17.4. The van der Waals surface area contributed by atoms with Gasteiger partial charge in [-0.05, 0) is 40.1 Å². The minimum absolute atomic E-state index is 0.0487. The zero-order valence-corrected chi connectivity index (χ0v) is 17.3. The topological polar surface area (TPSA) is 75.0 Å². The highest BCUT2D eigenvalue weighted by atomic mass is 16.5. The lowest BCUT2D eigenvalue weighted by atomic mass is 9.94. The number of Topliss-reactive ketones (excluding diaryl/α,β-unsaturated/α-hetero) is 1. The van der Waals surface area contributed by atoms with Crippen LogP contribution in [0.2, 0.25) is 0 Å². The first-order chi connectivity index (χ1) is 15.1. The SMILES string of the molecule is COc1cc(-c2c(-c3ccc4ccccc4c3)coc2C(=O)C=O)cc(OC)c1OC. The number of methoxy groups -OCH3 is 3. The summed E-state index contributed by atoms with van der Waals surface area (Å²) in [6.07, 6.45) is 1.73. The number of carbonyl (C=O) groups is 2. The fraction of sp³-hybridized carbons (Fsp3) is 0.120. The molecule has 4 aromatic rings. The van der Waals surface area contributed by atoms with E-state index in [0.717, 1.165) is 16.3 Å². The van der Waals surface area contributed by atoms with E-state index in [-0.39, 0.29) is 12.0 Å². The van der Waals surface area contributed by atoms with Crippen molar-refractivity contribution in [3.8, 4) is 39.5 Å². The highest BCUT2D eigenvalue weighted by Crippen LogP contribution is 2.45. The molecule has 0 spiro atoms. The molecule has 0 aliphatic carbocycles. The second kappa shape index (κ2) is 8.36. The Kier molecular flexibility index (Phi) is 5.45. The fourth-order valence-corrected chi connectivity index (χ4v) is 3.67. The summed E-state index contributed by atoms with van der Waals surface area (Å²) in [7, 11) is 4.54. The maximum atomic E-state index is 12.3. The fourth-order valence-electron chi connectivity index (χ4n) is 3.67. The number of hydrogen-bond acceptors (Lipinski definition) is 6. The molecule has 0 aliphatic rings. The van der Waals surface area contributed by atoms with Crippen LogP contribution in [0.1, 0.15) is 10.6 Å². The van der Waals surface area contributed by atoms with Crippen LogP contribution < -0.4 is 14.2 Å². The summed E-state index contributed by atoms with van der Waals surface area (Å²) in [5.74, 6) is 0.468. The van der Waals surface area contributed by atoms with E-state index in [1.54, 1.807) is 12.1 Å². The minimum atomic E-state index is -0.754. The summed E-state index contributed by atoms with van der Waals surface area (Å²) in [4.78, 5) is 23.6. The van der Waals surface area contributed by atoms with Crippen LogP contribution in [0.3, 0.4) is 0 Å². The highest BCUT2D eigenvalue weighted by Gasteiger charge is 2.25. The third-order valence-electron chi connectivity index (χ3n) is 5.14. The molecule has 0 N–H and O–H groups in total. The number of rotatable bonds is 7. The molecule has 0 amide bonds. The van der Waals surface area contributed by atoms with Crippen molar-refractivity contribution in [3.05, 3.63) is 66.6 Å². The van der Waals surface area contributed by atoms with Crippen molar-refractivity contribution in [1.29, 1.82) is 0 Å². The Bertz CT molecular complexity index is 1260. The lowest BCUT2D eigenvalue weighted by molar-refractivity contribution is -0.104. The second-order valence-electron chi connectivity index (χ2n) is 6.81. The summed E-state index contributed by atoms with van der Waals surface area (Å²) in [5.41, 5.74) is 2.59. The Morgan fingerprint density at radius 3 is 2.13 bits per heavy atom. The molecule has 1 aromatic heterocycles. The van der Waals surface area contributed by atoms with Crippen LogP contribution in [0.4, 0.5) is 0 Å². The summed E-state index contributed by atoms with van der Waals surface area (Å²) in [5, 5.41) is 2.13. The molecule has 0 saturated carbocycles. The third kappa shape index (κ3) is 3.53. The van der Waals surface area contributed by atoms with Gasteiger partial charge in [0.05, 0.1) is 27.6 Å². The van der Waals surface area contributed by atoms with E-state index in [1.807, 2.05) is 42.5 Å². The van der Waals surface area contributed by atoms with E-state index in [4.69, 9.17) is 18.6 Å². The standard InChI is InChI=1S/C25H20O6/c1-28-21-11-18(12-22(29-2)25(21)30-3)23-19(14-31-24(23)20(27)13-26)17-9-8-15-6-4-5-7-16(15)10-17/h4-14H,1-3H3. The van der Waals surface area contributed by atoms with Gasteiger partial charge in [-0.2, -0.15) is 0 Å². The largest absolute Gasteiger partial charge is 0.493 e. The Morgan fingerprint density at radius 1 is 0.839 bits per heavy atom. The van der Waals surface area contributed by atoms with Crippen LogP contribution in [0.15, 0.2) is 65.3 Å². The Labute approximate surface area is 179 Å². The normalized spacial score (nSPS) is 10.7. The number of ketones is 1. The van der Waals surface area contributed by atoms with Gasteiger partial charge in [0, 0.05) is 11.1 Å². The molecule has 156 valence electrons. The van der Waals surface area contributed by atoms with Gasteiger partial charge in [-0.1, -0.05) is 36.4 Å². The molecular formula is C25H20O6. The first kappa shape index (κ1) is 20.2. The predicted octanol–water partition coefficient (Wildman–Crippen LogP) is 5.17. The zero-order valence-electron chi connectivity index (χ0n) is 17.3. The number of ether oxygens (including phenoxy) is 3. The highest BCUT2D eigenvalue weighted by molar-refractivity contribution is 6.34. The predicted molar refractivity (Wildman–Crippen MR) is 117 cm³/mol. The summed E-state index contributed by atoms with van der Waals surface area (Å²) < 4.78 is 21.9. The lowest BCUT2D eigenvalue weighted by Crippen LogP contribution is -2.01. The summed E-state index contributed by atoms with van der Waals surface area (Å²) >= 11 is 0. The molecule has 0 fully saturated rings. The maximum absolute atomic E-state index is 12.3. The van der Waals surface area contributed by atoms with Crippen LogP contribution in [0.5, 0.6) is 17.2 Å². The van der Waals surface area contributed by atoms with Gasteiger partial charge >= 0.3 is 0 Å². The smallest absolute Gasteiger partial charge is 0.261 e. The van der Waals surface area contributed by atoms with Gasteiger partial charge in [0.1, 0.15) is 0 Å². The van der Waals surface area contributed by atoms with Gasteiger partial charge in [0.15, 0.2) is 23.5 Å². The molecule has 4 rings (SSSR count). The van der Waals surface area contributed by atoms with Gasteiger partial charge < -0.3 is 18.6 Å². The minimum Gasteiger partial charge on any atom is -0.493 e. The van der Waals surface area contributed by atoms with Crippen molar-refractivity contribution in [2.45, 2.75) is 0 Å². The van der Waals surface area contributed by atoms with Crippen LogP contribution in [-0.4, -0.2) is 33.4 Å². The van der Waals surface area contributed by atoms with E-state index >= 15 is 0 Å². The van der Waals surface area contributed by atoms with E-state index < -0.39 is 5.78 Å². The average molecular weight is 416 g/mol. The Hall–Kier alpha value is -4.06. The number of furan rings is 1. The molecule has 6 heteroatoms. The quantitative estimate of drug-likeness (QED) is 0.235. The van der Waals surface area contributed by atoms with Crippen molar-refractivity contribution < 1.29 is 28.2 Å². The summed E-state index contributed by atoms with van der Waals surface area (Å²) in [6.45, 7) is 0. The van der Waals surface area contributed by atoms with Crippen molar-refractivity contribution in [1.82, 2.24) is 0 Å². The van der Waals surface area contributed by atoms with E-state index in [9.17, 15) is 9.59 Å². The molecule has 31 heavy (non-hydrogen) atoms. The molecule has 0 unspecified atom stereocenters. The molecule has 0 atom stereocenters. The molecule has 0 aliphatic heterocycles. The molecule has 6 nitrogen and oxygen atoms in total. The molecule has 3 aromatic carbocycles. The van der Waals surface area contributed by atoms with Gasteiger partial charge in [0.2, 0.25) is 5.75 Å². The first-order valence-electron chi connectivity index (χ1n) is 9.51. The van der Waals surface area contributed by atoms with E-state index in [0.29, 0.717) is 33.9 Å². The van der Waals surface area contributed by atoms with Crippen LogP contribution >= 0.6 is 0 Å². The van der Waals surface area contributed by atoms with Crippen LogP contribution in [0, 0.1) is 0 Å². The van der Waals surface area contributed by atoms with Gasteiger partial charge in [-0.25, -0.2) is 0 Å². The van der Waals surface area contributed by atoms with E-state index in [2.05, 4.69) is 0 Å². The van der Waals surface area contributed by atoms with Gasteiger partial charge in [0.25, 0.3) is 5.78 Å². The maximum Gasteiger partial charge on any atom is 0.261 e. The molecule has 1 heterocycles. The number of hydrogen-bond donors (Lipinski definition) is 0. The molecular weight excluding hydrogens is 396 g/mol. The monoisotopic (exact) mass is 416 g/mol. The van der Waals surface area contributed by atoms with Gasteiger partial charge in [-0.15, -0.1) is 0 Å². The average Bonchev–Trinajstić information content (AvgIpc) is 3.27. The number of aldehydes is 1. The lowest BCUT2D eigenvalue weighted by Gasteiger charge is -2.15. The van der Waals surface area contributed by atoms with Crippen molar-refractivity contribution in [3.63, 3.8) is 0 Å². The van der Waals surface area contributed by atoms with E-state index in [1.165, 1.54) is 27.6 Å². The van der Waals surface area contributed by atoms with Crippen LogP contribution in [0.25, 0.3) is 33.0 Å². The molecule has 0 saturated heterocycles. The van der Waals surface area contributed by atoms with Gasteiger partial charge in [-0.3, -0.25) is 9.59 Å². The number of fused-ring (bicyclic) bond motifs is 1. The van der Waals surface area contributed by atoms with Crippen LogP contribution in [-0.2, 0) is 4.79 Å². The molecule has 0 bridgehead atoms. The van der Waals surface area contributed by atoms with Crippen molar-refractivity contribution >= 4 is 22.8 Å². The third-order valence-corrected chi connectivity index (χ3v) is 5.14.